The lowest BCUT2D eigenvalue weighted by Crippen LogP contribution is -2.19. The number of carbonyl (C=O) groups is 1. The van der Waals surface area contributed by atoms with Crippen LogP contribution in [0.5, 0.6) is 0 Å². The summed E-state index contributed by atoms with van der Waals surface area (Å²) in [7, 11) is -3.79. The molecule has 0 fully saturated rings. The van der Waals surface area contributed by atoms with Gasteiger partial charge in [0.25, 0.3) is 0 Å². The Hall–Kier alpha value is -3.14. The molecule has 1 heterocycles. The van der Waals surface area contributed by atoms with Gasteiger partial charge in [0, 0.05) is 5.69 Å². The number of carbonyl (C=O) groups excluding carboxylic acids is 1. The average Bonchev–Trinajstić information content (AvgIpc) is 3.15. The van der Waals surface area contributed by atoms with E-state index in [1.165, 1.54) is 36.0 Å². The summed E-state index contributed by atoms with van der Waals surface area (Å²) in [5.41, 5.74) is 3.01. The molecule has 0 aliphatic rings. The number of primary sulfonamides is 1. The van der Waals surface area contributed by atoms with Crippen LogP contribution in [0.4, 0.5) is 5.69 Å². The Kier molecular flexibility index (Phi) is 5.58. The monoisotopic (exact) mass is 438 g/mol. The van der Waals surface area contributed by atoms with Crippen molar-refractivity contribution in [1.29, 1.82) is 0 Å². The average molecular weight is 439 g/mol. The fourth-order valence-electron chi connectivity index (χ4n) is 2.93. The molecule has 0 saturated carbocycles. The van der Waals surface area contributed by atoms with Gasteiger partial charge in [-0.3, -0.25) is 4.79 Å². The Morgan fingerprint density at radius 1 is 0.967 bits per heavy atom. The van der Waals surface area contributed by atoms with Crippen molar-refractivity contribution in [3.63, 3.8) is 0 Å². The van der Waals surface area contributed by atoms with Gasteiger partial charge in [-0.05, 0) is 42.0 Å². The molecule has 0 unspecified atom stereocenters. The van der Waals surface area contributed by atoms with Crippen molar-refractivity contribution in [2.75, 3.05) is 5.32 Å². The number of hydrogen-bond acceptors (Lipinski definition) is 5. The Balaban J connectivity index is 1.60. The van der Waals surface area contributed by atoms with Crippen LogP contribution in [0.2, 0.25) is 0 Å². The molecule has 152 valence electrons. The summed E-state index contributed by atoms with van der Waals surface area (Å²) in [6.45, 7) is 0. The third-order valence-corrected chi connectivity index (χ3v) is 6.46. The van der Waals surface area contributed by atoms with E-state index in [1.807, 2.05) is 54.6 Å². The molecule has 30 heavy (non-hydrogen) atoms. The summed E-state index contributed by atoms with van der Waals surface area (Å²) < 4.78 is 22.8. The number of thioether (sulfide) groups is 1. The molecule has 0 aliphatic heterocycles. The van der Waals surface area contributed by atoms with Crippen molar-refractivity contribution in [3.8, 4) is 0 Å². The van der Waals surface area contributed by atoms with Gasteiger partial charge in [-0.15, -0.1) is 0 Å². The number of benzene rings is 3. The Morgan fingerprint density at radius 3 is 2.30 bits per heavy atom. The first-order valence-corrected chi connectivity index (χ1v) is 11.4. The molecule has 1 aromatic heterocycles. The highest BCUT2D eigenvalue weighted by Gasteiger charge is 2.24. The van der Waals surface area contributed by atoms with Gasteiger partial charge < -0.3 is 10.3 Å². The van der Waals surface area contributed by atoms with Gasteiger partial charge in [-0.25, -0.2) is 18.5 Å². The van der Waals surface area contributed by atoms with Crippen LogP contribution >= 0.6 is 11.8 Å². The number of nitrogens with zero attached hydrogens (tertiary/aromatic N) is 1. The van der Waals surface area contributed by atoms with Crippen LogP contribution in [0.15, 0.2) is 88.9 Å². The highest BCUT2D eigenvalue weighted by Crippen LogP contribution is 2.35. The second-order valence-electron chi connectivity index (χ2n) is 6.53. The van der Waals surface area contributed by atoms with E-state index < -0.39 is 15.3 Å². The third kappa shape index (κ3) is 4.54. The lowest BCUT2D eigenvalue weighted by molar-refractivity contribution is -0.115. The quantitative estimate of drug-likeness (QED) is 0.397. The predicted molar refractivity (Wildman–Crippen MR) is 118 cm³/mol. The van der Waals surface area contributed by atoms with Gasteiger partial charge in [-0.1, -0.05) is 54.2 Å². The Morgan fingerprint density at radius 2 is 1.63 bits per heavy atom. The number of fused-ring (bicyclic) bond motifs is 1. The molecule has 4 rings (SSSR count). The SMILES string of the molecule is NS(=O)(=O)c1ccc(NC(=O)[C@@H](Sc2nc3ccccc3[nH]2)c2ccccc2)cc1. The van der Waals surface area contributed by atoms with Crippen LogP contribution in [-0.2, 0) is 14.8 Å². The van der Waals surface area contributed by atoms with Crippen LogP contribution < -0.4 is 10.5 Å². The fraction of sp³-hybridized carbons (Fsp3) is 0.0476. The minimum absolute atomic E-state index is 0.0169. The van der Waals surface area contributed by atoms with Crippen molar-refractivity contribution < 1.29 is 13.2 Å². The number of nitrogens with two attached hydrogens (primary N) is 1. The number of nitrogens with one attached hydrogen (secondary N) is 2. The van der Waals surface area contributed by atoms with E-state index in [4.69, 9.17) is 5.14 Å². The maximum atomic E-state index is 13.1. The summed E-state index contributed by atoms with van der Waals surface area (Å²) >= 11 is 1.31. The summed E-state index contributed by atoms with van der Waals surface area (Å²) in [4.78, 5) is 20.9. The third-order valence-electron chi connectivity index (χ3n) is 4.39. The van der Waals surface area contributed by atoms with E-state index in [2.05, 4.69) is 15.3 Å². The van der Waals surface area contributed by atoms with E-state index in [1.54, 1.807) is 0 Å². The molecule has 0 radical (unpaired) electrons. The number of aromatic amines is 1. The molecule has 4 N–H and O–H groups in total. The van der Waals surface area contributed by atoms with E-state index in [0.717, 1.165) is 16.6 Å². The van der Waals surface area contributed by atoms with Crippen LogP contribution in [0.25, 0.3) is 11.0 Å². The van der Waals surface area contributed by atoms with Gasteiger partial charge in [0.05, 0.1) is 15.9 Å². The normalized spacial score (nSPS) is 12.6. The lowest BCUT2D eigenvalue weighted by atomic mass is 10.1. The number of imidazole rings is 1. The molecule has 1 amide bonds. The first kappa shape index (κ1) is 20.1. The number of sulfonamides is 1. The van der Waals surface area contributed by atoms with Crippen molar-refractivity contribution >= 4 is 44.4 Å². The van der Waals surface area contributed by atoms with Crippen LogP contribution in [0.3, 0.4) is 0 Å². The number of para-hydroxylation sites is 2. The molecule has 4 aromatic rings. The van der Waals surface area contributed by atoms with Gasteiger partial charge >= 0.3 is 0 Å². The molecule has 9 heteroatoms. The predicted octanol–water partition coefficient (Wildman–Crippen LogP) is 3.68. The van der Waals surface area contributed by atoms with Crippen LogP contribution in [0.1, 0.15) is 10.8 Å². The standard InChI is InChI=1S/C21H18N4O3S2/c22-30(27,28)16-12-10-15(11-13-16)23-20(26)19(14-6-2-1-3-7-14)29-21-24-17-8-4-5-9-18(17)25-21/h1-13,19H,(H,23,26)(H,24,25)(H2,22,27,28)/t19-/m0/s1. The summed E-state index contributed by atoms with van der Waals surface area (Å²) in [5, 5.41) is 8.02. The largest absolute Gasteiger partial charge is 0.333 e. The molecular formula is C21H18N4O3S2. The highest BCUT2D eigenvalue weighted by atomic mass is 32.2. The van der Waals surface area contributed by atoms with E-state index in [0.29, 0.717) is 10.8 Å². The van der Waals surface area contributed by atoms with Gasteiger partial charge in [0.1, 0.15) is 5.25 Å². The molecular weight excluding hydrogens is 420 g/mol. The molecule has 0 bridgehead atoms. The van der Waals surface area contributed by atoms with Crippen LogP contribution in [-0.4, -0.2) is 24.3 Å². The number of H-pyrrole nitrogens is 1. The van der Waals surface area contributed by atoms with Gasteiger partial charge in [0.2, 0.25) is 15.9 Å². The molecule has 0 spiro atoms. The zero-order valence-electron chi connectivity index (χ0n) is 15.6. The molecule has 1 atom stereocenters. The first-order valence-electron chi connectivity index (χ1n) is 9.00. The van der Waals surface area contributed by atoms with Crippen molar-refractivity contribution in [2.24, 2.45) is 5.14 Å². The second kappa shape index (κ2) is 8.31. The number of rotatable bonds is 6. The van der Waals surface area contributed by atoms with E-state index >= 15 is 0 Å². The Bertz CT molecular complexity index is 1250. The Labute approximate surface area is 177 Å². The smallest absolute Gasteiger partial charge is 0.242 e. The van der Waals surface area contributed by atoms with E-state index in [-0.39, 0.29) is 10.8 Å². The maximum Gasteiger partial charge on any atom is 0.242 e. The number of hydrogen-bond donors (Lipinski definition) is 3. The van der Waals surface area contributed by atoms with Crippen molar-refractivity contribution in [2.45, 2.75) is 15.3 Å². The zero-order chi connectivity index (χ0) is 21.1. The molecule has 7 nitrogen and oxygen atoms in total. The minimum atomic E-state index is -3.79. The zero-order valence-corrected chi connectivity index (χ0v) is 17.3. The van der Waals surface area contributed by atoms with Crippen molar-refractivity contribution in [3.05, 3.63) is 84.4 Å². The summed E-state index contributed by atoms with van der Waals surface area (Å²) in [6, 6.07) is 22.8. The van der Waals surface area contributed by atoms with E-state index in [9.17, 15) is 13.2 Å². The molecule has 0 aliphatic carbocycles. The maximum absolute atomic E-state index is 13.1. The number of aromatic nitrogens is 2. The van der Waals surface area contributed by atoms with Gasteiger partial charge in [0.15, 0.2) is 5.16 Å². The first-order chi connectivity index (χ1) is 14.4. The highest BCUT2D eigenvalue weighted by molar-refractivity contribution is 8.00. The number of anilines is 1. The van der Waals surface area contributed by atoms with Gasteiger partial charge in [-0.2, -0.15) is 0 Å². The second-order valence-corrected chi connectivity index (χ2v) is 9.18. The fourth-order valence-corrected chi connectivity index (χ4v) is 4.45. The van der Waals surface area contributed by atoms with Crippen LogP contribution in [0, 0.1) is 0 Å². The minimum Gasteiger partial charge on any atom is -0.333 e. The molecule has 0 saturated heterocycles. The number of amides is 1. The topological polar surface area (TPSA) is 118 Å². The molecule has 3 aromatic carbocycles. The summed E-state index contributed by atoms with van der Waals surface area (Å²) in [5.74, 6) is -0.255. The van der Waals surface area contributed by atoms with Crippen molar-refractivity contribution in [1.82, 2.24) is 9.97 Å². The summed E-state index contributed by atoms with van der Waals surface area (Å²) in [6.07, 6.45) is 0. The lowest BCUT2D eigenvalue weighted by Gasteiger charge is -2.16.